The fraction of sp³-hybridized carbons (Fsp3) is 0.938. The molecule has 0 aliphatic carbocycles. The SMILES string of the molecule is CCC1(CC)CC(NC(=O)N2CCCC(C)C2)CCO1. The van der Waals surface area contributed by atoms with Crippen LogP contribution in [0.5, 0.6) is 0 Å². The molecule has 4 nitrogen and oxygen atoms in total. The highest BCUT2D eigenvalue weighted by Gasteiger charge is 2.35. The van der Waals surface area contributed by atoms with Crippen LogP contribution in [0.15, 0.2) is 0 Å². The highest BCUT2D eigenvalue weighted by atomic mass is 16.5. The van der Waals surface area contributed by atoms with E-state index in [2.05, 4.69) is 26.1 Å². The smallest absolute Gasteiger partial charge is 0.317 e. The van der Waals surface area contributed by atoms with Crippen molar-refractivity contribution in [2.24, 2.45) is 5.92 Å². The van der Waals surface area contributed by atoms with Gasteiger partial charge in [-0.2, -0.15) is 0 Å². The first-order chi connectivity index (χ1) is 9.58. The van der Waals surface area contributed by atoms with Crippen molar-refractivity contribution in [3.63, 3.8) is 0 Å². The summed E-state index contributed by atoms with van der Waals surface area (Å²) in [6, 6.07) is 0.401. The third-order valence-electron chi connectivity index (χ3n) is 5.05. The minimum atomic E-state index is -0.0224. The molecule has 0 spiro atoms. The Morgan fingerprint density at radius 2 is 2.10 bits per heavy atom. The van der Waals surface area contributed by atoms with Gasteiger partial charge >= 0.3 is 6.03 Å². The van der Waals surface area contributed by atoms with Gasteiger partial charge in [-0.25, -0.2) is 4.79 Å². The monoisotopic (exact) mass is 282 g/mol. The Kier molecular flexibility index (Phi) is 5.30. The zero-order valence-corrected chi connectivity index (χ0v) is 13.3. The molecule has 0 saturated carbocycles. The predicted molar refractivity (Wildman–Crippen MR) is 80.8 cm³/mol. The molecule has 20 heavy (non-hydrogen) atoms. The number of piperidine rings is 1. The third kappa shape index (κ3) is 3.66. The maximum atomic E-state index is 12.4. The molecule has 0 aromatic rings. The number of ether oxygens (including phenoxy) is 1. The number of carbonyl (C=O) groups excluding carboxylic acids is 1. The molecule has 2 fully saturated rings. The summed E-state index contributed by atoms with van der Waals surface area (Å²) in [6.07, 6.45) is 6.32. The van der Waals surface area contributed by atoms with Gasteiger partial charge in [-0.1, -0.05) is 20.8 Å². The molecule has 2 rings (SSSR count). The van der Waals surface area contributed by atoms with E-state index >= 15 is 0 Å². The van der Waals surface area contributed by atoms with Crippen LogP contribution in [0.1, 0.15) is 59.3 Å². The Morgan fingerprint density at radius 1 is 1.35 bits per heavy atom. The second-order valence-corrected chi connectivity index (χ2v) is 6.57. The van der Waals surface area contributed by atoms with Crippen LogP contribution in [0.3, 0.4) is 0 Å². The van der Waals surface area contributed by atoms with E-state index < -0.39 is 0 Å². The van der Waals surface area contributed by atoms with Gasteiger partial charge in [0.05, 0.1) is 5.60 Å². The van der Waals surface area contributed by atoms with Crippen LogP contribution in [-0.4, -0.2) is 42.3 Å². The van der Waals surface area contributed by atoms with Crippen LogP contribution in [0.2, 0.25) is 0 Å². The van der Waals surface area contributed by atoms with Crippen LogP contribution in [-0.2, 0) is 4.74 Å². The van der Waals surface area contributed by atoms with Crippen LogP contribution < -0.4 is 5.32 Å². The van der Waals surface area contributed by atoms with Crippen molar-refractivity contribution in [3.8, 4) is 0 Å². The molecule has 2 heterocycles. The molecule has 0 bridgehead atoms. The lowest BCUT2D eigenvalue weighted by Gasteiger charge is -2.41. The molecule has 0 radical (unpaired) electrons. The van der Waals surface area contributed by atoms with Gasteiger partial charge in [-0.15, -0.1) is 0 Å². The number of nitrogens with zero attached hydrogens (tertiary/aromatic N) is 1. The topological polar surface area (TPSA) is 41.6 Å². The van der Waals surface area contributed by atoms with Gasteiger partial charge < -0.3 is 15.0 Å². The van der Waals surface area contributed by atoms with E-state index in [1.807, 2.05) is 4.90 Å². The van der Waals surface area contributed by atoms with Crippen molar-refractivity contribution in [3.05, 3.63) is 0 Å². The zero-order valence-electron chi connectivity index (χ0n) is 13.3. The van der Waals surface area contributed by atoms with Crippen molar-refractivity contribution < 1.29 is 9.53 Å². The Bertz CT molecular complexity index is 328. The number of nitrogens with one attached hydrogen (secondary N) is 1. The minimum Gasteiger partial charge on any atom is -0.375 e. The normalized spacial score (nSPS) is 30.1. The van der Waals surface area contributed by atoms with Crippen molar-refractivity contribution in [2.45, 2.75) is 70.9 Å². The van der Waals surface area contributed by atoms with Crippen LogP contribution in [0.25, 0.3) is 0 Å². The average Bonchev–Trinajstić information content (AvgIpc) is 2.47. The van der Waals surface area contributed by atoms with Gasteiger partial charge in [0.25, 0.3) is 0 Å². The van der Waals surface area contributed by atoms with Crippen molar-refractivity contribution >= 4 is 6.03 Å². The molecule has 1 N–H and O–H groups in total. The van der Waals surface area contributed by atoms with Gasteiger partial charge in [0.15, 0.2) is 0 Å². The fourth-order valence-corrected chi connectivity index (χ4v) is 3.53. The third-order valence-corrected chi connectivity index (χ3v) is 5.05. The molecule has 4 heteroatoms. The number of carbonyl (C=O) groups is 1. The van der Waals surface area contributed by atoms with Crippen LogP contribution in [0.4, 0.5) is 4.79 Å². The van der Waals surface area contributed by atoms with Crippen LogP contribution >= 0.6 is 0 Å². The summed E-state index contributed by atoms with van der Waals surface area (Å²) in [7, 11) is 0. The average molecular weight is 282 g/mol. The van der Waals surface area contributed by atoms with Crippen molar-refractivity contribution in [1.29, 1.82) is 0 Å². The zero-order chi connectivity index (χ0) is 14.6. The summed E-state index contributed by atoms with van der Waals surface area (Å²) < 4.78 is 5.97. The van der Waals surface area contributed by atoms with E-state index in [4.69, 9.17) is 4.74 Å². The number of amides is 2. The Morgan fingerprint density at radius 3 is 2.75 bits per heavy atom. The molecule has 0 aromatic heterocycles. The van der Waals surface area contributed by atoms with Gasteiger partial charge in [-0.3, -0.25) is 0 Å². The molecule has 2 saturated heterocycles. The summed E-state index contributed by atoms with van der Waals surface area (Å²) in [6.45, 7) is 9.17. The lowest BCUT2D eigenvalue weighted by molar-refractivity contribution is -0.0919. The summed E-state index contributed by atoms with van der Waals surface area (Å²) in [4.78, 5) is 14.4. The molecule has 2 unspecified atom stereocenters. The van der Waals surface area contributed by atoms with Gasteiger partial charge in [0.2, 0.25) is 0 Å². The van der Waals surface area contributed by atoms with Crippen molar-refractivity contribution in [2.75, 3.05) is 19.7 Å². The van der Waals surface area contributed by atoms with E-state index in [-0.39, 0.29) is 17.7 Å². The number of urea groups is 1. The maximum absolute atomic E-state index is 12.4. The molecule has 116 valence electrons. The van der Waals surface area contributed by atoms with E-state index in [1.165, 1.54) is 6.42 Å². The number of hydrogen-bond acceptors (Lipinski definition) is 2. The maximum Gasteiger partial charge on any atom is 0.317 e. The summed E-state index contributed by atoms with van der Waals surface area (Å²) in [5.41, 5.74) is -0.0224. The molecule has 0 aromatic carbocycles. The lowest BCUT2D eigenvalue weighted by atomic mass is 9.86. The van der Waals surface area contributed by atoms with Crippen LogP contribution in [0, 0.1) is 5.92 Å². The molecule has 2 aliphatic heterocycles. The first-order valence-corrected chi connectivity index (χ1v) is 8.28. The second-order valence-electron chi connectivity index (χ2n) is 6.57. The summed E-state index contributed by atoms with van der Waals surface area (Å²) in [5.74, 6) is 0.634. The quantitative estimate of drug-likeness (QED) is 0.864. The summed E-state index contributed by atoms with van der Waals surface area (Å²) >= 11 is 0. The molecule has 2 amide bonds. The van der Waals surface area contributed by atoms with E-state index in [1.54, 1.807) is 0 Å². The predicted octanol–water partition coefficient (Wildman–Crippen LogP) is 3.17. The largest absolute Gasteiger partial charge is 0.375 e. The lowest BCUT2D eigenvalue weighted by Crippen LogP contribution is -2.53. The Hall–Kier alpha value is -0.770. The van der Waals surface area contributed by atoms with E-state index in [9.17, 15) is 4.79 Å². The second kappa shape index (κ2) is 6.79. The number of likely N-dealkylation sites (tertiary alicyclic amines) is 1. The highest BCUT2D eigenvalue weighted by molar-refractivity contribution is 5.74. The minimum absolute atomic E-state index is 0.0224. The molecular weight excluding hydrogens is 252 g/mol. The first kappa shape index (κ1) is 15.6. The molecule has 2 atom stereocenters. The van der Waals surface area contributed by atoms with Gasteiger partial charge in [-0.05, 0) is 44.4 Å². The number of hydrogen-bond donors (Lipinski definition) is 1. The standard InChI is InChI=1S/C16H30N2O2/c1-4-16(5-2)11-14(8-10-20-16)17-15(19)18-9-6-7-13(3)12-18/h13-14H,4-12H2,1-3H3,(H,17,19). The van der Waals surface area contributed by atoms with E-state index in [0.29, 0.717) is 5.92 Å². The molecular formula is C16H30N2O2. The Labute approximate surface area is 123 Å². The fourth-order valence-electron chi connectivity index (χ4n) is 3.53. The van der Waals surface area contributed by atoms with Gasteiger partial charge in [0.1, 0.15) is 0 Å². The number of rotatable bonds is 3. The first-order valence-electron chi connectivity index (χ1n) is 8.28. The van der Waals surface area contributed by atoms with Gasteiger partial charge in [0, 0.05) is 25.7 Å². The summed E-state index contributed by atoms with van der Waals surface area (Å²) in [5, 5.41) is 3.24. The highest BCUT2D eigenvalue weighted by Crippen LogP contribution is 2.31. The molecule has 2 aliphatic rings. The van der Waals surface area contributed by atoms with E-state index in [0.717, 1.165) is 51.8 Å². The Balaban J connectivity index is 1.87. The van der Waals surface area contributed by atoms with Crippen molar-refractivity contribution in [1.82, 2.24) is 10.2 Å².